The molecule has 3 rings (SSSR count). The SMILES string of the molecule is CC1CCC(c2ccc3sc(CCCN(C)C)nc3c2)=NC1. The van der Waals surface area contributed by atoms with Gasteiger partial charge < -0.3 is 4.90 Å². The molecular weight excluding hydrogens is 290 g/mol. The maximum atomic E-state index is 4.83. The van der Waals surface area contributed by atoms with Crippen molar-refractivity contribution in [1.29, 1.82) is 0 Å². The normalized spacial score (nSPS) is 18.9. The monoisotopic (exact) mass is 315 g/mol. The zero-order chi connectivity index (χ0) is 15.5. The molecule has 0 bridgehead atoms. The number of fused-ring (bicyclic) bond motifs is 1. The third-order valence-corrected chi connectivity index (χ3v) is 5.32. The van der Waals surface area contributed by atoms with Crippen LogP contribution in [-0.4, -0.2) is 42.8 Å². The number of hydrogen-bond acceptors (Lipinski definition) is 4. The van der Waals surface area contributed by atoms with Crippen LogP contribution in [-0.2, 0) is 6.42 Å². The summed E-state index contributed by atoms with van der Waals surface area (Å²) in [4.78, 5) is 11.8. The van der Waals surface area contributed by atoms with E-state index in [1.807, 2.05) is 11.3 Å². The summed E-state index contributed by atoms with van der Waals surface area (Å²) >= 11 is 1.84. The number of benzene rings is 1. The van der Waals surface area contributed by atoms with E-state index < -0.39 is 0 Å². The Morgan fingerprint density at radius 1 is 1.32 bits per heavy atom. The number of thiazole rings is 1. The van der Waals surface area contributed by atoms with Crippen LogP contribution in [0.25, 0.3) is 10.2 Å². The molecule has 1 aliphatic heterocycles. The molecule has 1 atom stereocenters. The average molecular weight is 315 g/mol. The van der Waals surface area contributed by atoms with Crippen molar-refractivity contribution < 1.29 is 0 Å². The van der Waals surface area contributed by atoms with E-state index in [1.165, 1.54) is 33.8 Å². The average Bonchev–Trinajstić information content (AvgIpc) is 2.89. The summed E-state index contributed by atoms with van der Waals surface area (Å²) in [5.74, 6) is 0.732. The topological polar surface area (TPSA) is 28.5 Å². The molecule has 0 radical (unpaired) electrons. The molecule has 0 amide bonds. The Bertz CT molecular complexity index is 672. The van der Waals surface area contributed by atoms with Crippen molar-refractivity contribution in [3.63, 3.8) is 0 Å². The van der Waals surface area contributed by atoms with E-state index in [4.69, 9.17) is 9.98 Å². The third kappa shape index (κ3) is 3.73. The molecule has 118 valence electrons. The van der Waals surface area contributed by atoms with Gasteiger partial charge in [0.2, 0.25) is 0 Å². The first kappa shape index (κ1) is 15.6. The molecule has 1 aliphatic rings. The number of rotatable bonds is 5. The van der Waals surface area contributed by atoms with Gasteiger partial charge in [-0.25, -0.2) is 4.98 Å². The minimum absolute atomic E-state index is 0.732. The van der Waals surface area contributed by atoms with Crippen LogP contribution in [0.2, 0.25) is 0 Å². The second-order valence-electron chi connectivity index (χ2n) is 6.63. The summed E-state index contributed by atoms with van der Waals surface area (Å²) in [6.45, 7) is 4.38. The fraction of sp³-hybridized carbons (Fsp3) is 0.556. The van der Waals surface area contributed by atoms with Crippen LogP contribution in [0.3, 0.4) is 0 Å². The highest BCUT2D eigenvalue weighted by atomic mass is 32.1. The van der Waals surface area contributed by atoms with Crippen LogP contribution in [0, 0.1) is 5.92 Å². The fourth-order valence-electron chi connectivity index (χ4n) is 2.86. The molecule has 0 spiro atoms. The molecule has 0 aliphatic carbocycles. The Kier molecular flexibility index (Phi) is 4.89. The molecule has 2 aromatic rings. The highest BCUT2D eigenvalue weighted by Gasteiger charge is 2.14. The Morgan fingerprint density at radius 2 is 2.18 bits per heavy atom. The van der Waals surface area contributed by atoms with Gasteiger partial charge in [-0.2, -0.15) is 0 Å². The maximum Gasteiger partial charge on any atom is 0.0939 e. The second-order valence-corrected chi connectivity index (χ2v) is 7.74. The largest absolute Gasteiger partial charge is 0.309 e. The van der Waals surface area contributed by atoms with Gasteiger partial charge in [0, 0.05) is 18.7 Å². The van der Waals surface area contributed by atoms with Crippen LogP contribution in [0.5, 0.6) is 0 Å². The lowest BCUT2D eigenvalue weighted by atomic mass is 9.96. The van der Waals surface area contributed by atoms with Gasteiger partial charge in [-0.1, -0.05) is 13.0 Å². The van der Waals surface area contributed by atoms with Crippen molar-refractivity contribution in [2.24, 2.45) is 10.9 Å². The van der Waals surface area contributed by atoms with Gasteiger partial charge >= 0.3 is 0 Å². The number of hydrogen-bond donors (Lipinski definition) is 0. The van der Waals surface area contributed by atoms with Crippen molar-refractivity contribution in [3.05, 3.63) is 28.8 Å². The van der Waals surface area contributed by atoms with E-state index in [2.05, 4.69) is 44.1 Å². The molecule has 22 heavy (non-hydrogen) atoms. The van der Waals surface area contributed by atoms with E-state index in [-0.39, 0.29) is 0 Å². The number of aliphatic imine (C=N–C) groups is 1. The first-order valence-corrected chi connectivity index (χ1v) is 9.01. The summed E-state index contributed by atoms with van der Waals surface area (Å²) in [5, 5.41) is 1.26. The highest BCUT2D eigenvalue weighted by molar-refractivity contribution is 7.18. The standard InChI is InChI=1S/C18H25N3S/c1-13-6-8-15(19-12-13)14-7-9-17-16(11-14)20-18(22-17)5-4-10-21(2)3/h7,9,11,13H,4-6,8,10,12H2,1-3H3. The predicted molar refractivity (Wildman–Crippen MR) is 96.3 cm³/mol. The lowest BCUT2D eigenvalue weighted by molar-refractivity contribution is 0.400. The Morgan fingerprint density at radius 3 is 2.91 bits per heavy atom. The van der Waals surface area contributed by atoms with Gasteiger partial charge in [-0.15, -0.1) is 11.3 Å². The molecule has 0 saturated heterocycles. The van der Waals surface area contributed by atoms with Crippen molar-refractivity contribution in [1.82, 2.24) is 9.88 Å². The van der Waals surface area contributed by atoms with E-state index >= 15 is 0 Å². The lowest BCUT2D eigenvalue weighted by Crippen LogP contribution is -2.14. The van der Waals surface area contributed by atoms with Gasteiger partial charge in [-0.3, -0.25) is 4.99 Å². The van der Waals surface area contributed by atoms with Crippen molar-refractivity contribution in [2.75, 3.05) is 27.2 Å². The molecule has 3 nitrogen and oxygen atoms in total. The fourth-order valence-corrected chi connectivity index (χ4v) is 3.85. The summed E-state index contributed by atoms with van der Waals surface area (Å²) < 4.78 is 1.30. The number of aryl methyl sites for hydroxylation is 1. The second kappa shape index (κ2) is 6.88. The minimum Gasteiger partial charge on any atom is -0.309 e. The van der Waals surface area contributed by atoms with E-state index in [1.54, 1.807) is 0 Å². The Hall–Kier alpha value is -1.26. The molecule has 2 heterocycles. The first-order valence-electron chi connectivity index (χ1n) is 8.19. The highest BCUT2D eigenvalue weighted by Crippen LogP contribution is 2.26. The van der Waals surface area contributed by atoms with E-state index in [0.29, 0.717) is 0 Å². The van der Waals surface area contributed by atoms with E-state index in [9.17, 15) is 0 Å². The molecule has 1 aromatic heterocycles. The smallest absolute Gasteiger partial charge is 0.0939 e. The quantitative estimate of drug-likeness (QED) is 0.834. The summed E-state index contributed by atoms with van der Waals surface area (Å²) in [5.41, 5.74) is 3.68. The van der Waals surface area contributed by atoms with Crippen LogP contribution >= 0.6 is 11.3 Å². The maximum absolute atomic E-state index is 4.83. The summed E-state index contributed by atoms with van der Waals surface area (Å²) in [6, 6.07) is 6.67. The molecule has 1 aromatic carbocycles. The van der Waals surface area contributed by atoms with Gasteiger partial charge in [0.05, 0.1) is 15.2 Å². The van der Waals surface area contributed by atoms with Crippen molar-refractivity contribution in [2.45, 2.75) is 32.6 Å². The van der Waals surface area contributed by atoms with E-state index in [0.717, 1.165) is 37.4 Å². The molecule has 4 heteroatoms. The molecule has 0 saturated carbocycles. The molecular formula is C18H25N3S. The van der Waals surface area contributed by atoms with Gasteiger partial charge in [0.1, 0.15) is 0 Å². The molecule has 0 fully saturated rings. The van der Waals surface area contributed by atoms with Crippen LogP contribution < -0.4 is 0 Å². The van der Waals surface area contributed by atoms with Crippen LogP contribution in [0.1, 0.15) is 36.8 Å². The van der Waals surface area contributed by atoms with Gasteiger partial charge in [0.25, 0.3) is 0 Å². The summed E-state index contributed by atoms with van der Waals surface area (Å²) in [7, 11) is 4.24. The predicted octanol–water partition coefficient (Wildman–Crippen LogP) is 4.01. The zero-order valence-electron chi connectivity index (χ0n) is 13.8. The van der Waals surface area contributed by atoms with Gasteiger partial charge in [0.15, 0.2) is 0 Å². The third-order valence-electron chi connectivity index (χ3n) is 4.23. The van der Waals surface area contributed by atoms with Gasteiger partial charge in [-0.05, 0) is 63.5 Å². The Balaban J connectivity index is 1.75. The number of aromatic nitrogens is 1. The lowest BCUT2D eigenvalue weighted by Gasteiger charge is -2.17. The molecule has 0 N–H and O–H groups in total. The minimum atomic E-state index is 0.732. The zero-order valence-corrected chi connectivity index (χ0v) is 14.6. The van der Waals surface area contributed by atoms with Crippen molar-refractivity contribution in [3.8, 4) is 0 Å². The Labute approximate surface area is 137 Å². The first-order chi connectivity index (χ1) is 10.6. The molecule has 1 unspecified atom stereocenters. The van der Waals surface area contributed by atoms with Crippen LogP contribution in [0.4, 0.5) is 0 Å². The van der Waals surface area contributed by atoms with Crippen LogP contribution in [0.15, 0.2) is 23.2 Å². The summed E-state index contributed by atoms with van der Waals surface area (Å²) in [6.07, 6.45) is 4.60. The number of nitrogens with zero attached hydrogens (tertiary/aromatic N) is 3. The van der Waals surface area contributed by atoms with Crippen molar-refractivity contribution >= 4 is 27.3 Å².